The molecule has 72 valence electrons. The van der Waals surface area contributed by atoms with Crippen molar-refractivity contribution in [3.63, 3.8) is 0 Å². The lowest BCUT2D eigenvalue weighted by Gasteiger charge is -1.93. The maximum atomic E-state index is 10.6. The number of aromatic nitrogens is 2. The normalized spacial score (nSPS) is 10.6. The number of nitrogen functional groups attached to an aromatic ring is 1. The van der Waals surface area contributed by atoms with Crippen LogP contribution in [0.5, 0.6) is 0 Å². The molecule has 5 nitrogen and oxygen atoms in total. The highest BCUT2D eigenvalue weighted by Gasteiger charge is 2.02. The zero-order valence-corrected chi connectivity index (χ0v) is 7.47. The second kappa shape index (κ2) is 3.02. The first kappa shape index (κ1) is 8.55. The van der Waals surface area contributed by atoms with E-state index in [1.54, 1.807) is 18.3 Å². The third kappa shape index (κ3) is 1.52. The Balaban J connectivity index is 2.46. The van der Waals surface area contributed by atoms with Gasteiger partial charge in [-0.25, -0.2) is 0 Å². The Kier molecular flexibility index (Phi) is 1.85. The van der Waals surface area contributed by atoms with Gasteiger partial charge in [-0.05, 0) is 18.2 Å². The van der Waals surface area contributed by atoms with Gasteiger partial charge in [0.1, 0.15) is 6.54 Å². The number of nitrogens with two attached hydrogens (primary N) is 2. The van der Waals surface area contributed by atoms with Crippen LogP contribution in [-0.2, 0) is 11.3 Å². The van der Waals surface area contributed by atoms with Gasteiger partial charge in [0.15, 0.2) is 0 Å². The van der Waals surface area contributed by atoms with Crippen LogP contribution in [0.15, 0.2) is 24.4 Å². The third-order valence-corrected chi connectivity index (χ3v) is 1.90. The van der Waals surface area contributed by atoms with Crippen LogP contribution < -0.4 is 11.5 Å². The quantitative estimate of drug-likeness (QED) is 0.658. The van der Waals surface area contributed by atoms with Crippen LogP contribution in [-0.4, -0.2) is 15.7 Å². The molecule has 0 saturated carbocycles. The molecule has 1 amide bonds. The lowest BCUT2D eigenvalue weighted by atomic mass is 10.2. The van der Waals surface area contributed by atoms with E-state index >= 15 is 0 Å². The van der Waals surface area contributed by atoms with Gasteiger partial charge >= 0.3 is 0 Å². The van der Waals surface area contributed by atoms with Crippen molar-refractivity contribution in [2.24, 2.45) is 5.73 Å². The van der Waals surface area contributed by atoms with Crippen molar-refractivity contribution in [2.45, 2.75) is 6.54 Å². The molecule has 1 aromatic carbocycles. The smallest absolute Gasteiger partial charge is 0.239 e. The number of nitrogens with zero attached hydrogens (tertiary/aromatic N) is 2. The van der Waals surface area contributed by atoms with Crippen LogP contribution in [0, 0.1) is 0 Å². The summed E-state index contributed by atoms with van der Waals surface area (Å²) in [6, 6.07) is 5.40. The van der Waals surface area contributed by atoms with Crippen LogP contribution in [0.25, 0.3) is 10.9 Å². The molecule has 0 spiro atoms. The minimum Gasteiger partial charge on any atom is -0.399 e. The van der Waals surface area contributed by atoms with Gasteiger partial charge in [0.25, 0.3) is 0 Å². The number of fused-ring (bicyclic) bond motifs is 1. The number of carbonyl (C=O) groups is 1. The molecule has 1 heterocycles. The summed E-state index contributed by atoms with van der Waals surface area (Å²) in [6.07, 6.45) is 1.76. The predicted octanol–water partition coefficient (Wildman–Crippen LogP) is 0.104. The molecular formula is C9H10N4O. The standard InChI is InChI=1S/C9H10N4O/c10-7-2-1-6-4-13(5-9(11)14)12-8(6)3-7/h1-4H,5,10H2,(H2,11,14). The fraction of sp³-hybridized carbons (Fsp3) is 0.111. The molecule has 0 radical (unpaired) electrons. The Bertz CT molecular complexity index is 489. The lowest BCUT2D eigenvalue weighted by Crippen LogP contribution is -2.18. The largest absolute Gasteiger partial charge is 0.399 e. The average Bonchev–Trinajstić information content (AvgIpc) is 2.44. The minimum atomic E-state index is -0.411. The van der Waals surface area contributed by atoms with Gasteiger partial charge in [0.2, 0.25) is 5.91 Å². The van der Waals surface area contributed by atoms with E-state index in [2.05, 4.69) is 5.10 Å². The van der Waals surface area contributed by atoms with Crippen molar-refractivity contribution in [3.8, 4) is 0 Å². The van der Waals surface area contributed by atoms with Gasteiger partial charge in [0, 0.05) is 17.3 Å². The van der Waals surface area contributed by atoms with Crippen LogP contribution >= 0.6 is 0 Å². The van der Waals surface area contributed by atoms with Gasteiger partial charge in [0.05, 0.1) is 5.52 Å². The molecule has 0 aliphatic heterocycles. The maximum absolute atomic E-state index is 10.6. The Morgan fingerprint density at radius 2 is 2.29 bits per heavy atom. The first-order chi connectivity index (χ1) is 6.65. The zero-order chi connectivity index (χ0) is 10.1. The third-order valence-electron chi connectivity index (χ3n) is 1.90. The Morgan fingerprint density at radius 3 is 3.00 bits per heavy atom. The molecule has 0 atom stereocenters. The molecule has 0 aliphatic rings. The fourth-order valence-electron chi connectivity index (χ4n) is 1.32. The topological polar surface area (TPSA) is 86.9 Å². The molecule has 0 bridgehead atoms. The SMILES string of the molecule is NC(=O)Cn1cc2ccc(N)cc2n1. The maximum Gasteiger partial charge on any atom is 0.239 e. The summed E-state index contributed by atoms with van der Waals surface area (Å²) in [5, 5.41) is 5.09. The minimum absolute atomic E-state index is 0.0918. The van der Waals surface area contributed by atoms with E-state index in [4.69, 9.17) is 11.5 Å². The molecule has 0 aliphatic carbocycles. The molecule has 0 unspecified atom stereocenters. The van der Waals surface area contributed by atoms with E-state index in [0.717, 1.165) is 10.9 Å². The molecule has 5 heteroatoms. The first-order valence-electron chi connectivity index (χ1n) is 4.16. The molecule has 4 N–H and O–H groups in total. The second-order valence-electron chi connectivity index (χ2n) is 3.11. The highest BCUT2D eigenvalue weighted by Crippen LogP contribution is 2.15. The van der Waals surface area contributed by atoms with Crippen LogP contribution in [0.1, 0.15) is 0 Å². The summed E-state index contributed by atoms with van der Waals surface area (Å²) < 4.78 is 1.51. The van der Waals surface area contributed by atoms with Crippen molar-refractivity contribution in [2.75, 3.05) is 5.73 Å². The lowest BCUT2D eigenvalue weighted by molar-refractivity contribution is -0.118. The summed E-state index contributed by atoms with van der Waals surface area (Å²) in [5.41, 5.74) is 12.1. The van der Waals surface area contributed by atoms with Gasteiger partial charge in [-0.3, -0.25) is 9.48 Å². The summed E-state index contributed by atoms with van der Waals surface area (Å²) in [7, 11) is 0. The zero-order valence-electron chi connectivity index (χ0n) is 7.47. The number of amides is 1. The van der Waals surface area contributed by atoms with Crippen molar-refractivity contribution in [3.05, 3.63) is 24.4 Å². The Hall–Kier alpha value is -2.04. The molecule has 0 fully saturated rings. The van der Waals surface area contributed by atoms with Gasteiger partial charge in [-0.15, -0.1) is 0 Å². The van der Waals surface area contributed by atoms with E-state index in [-0.39, 0.29) is 6.54 Å². The van der Waals surface area contributed by atoms with E-state index in [1.165, 1.54) is 4.68 Å². The van der Waals surface area contributed by atoms with E-state index in [9.17, 15) is 4.79 Å². The highest BCUT2D eigenvalue weighted by atomic mass is 16.1. The second-order valence-corrected chi connectivity index (χ2v) is 3.11. The Labute approximate surface area is 80.3 Å². The van der Waals surface area contributed by atoms with E-state index < -0.39 is 5.91 Å². The van der Waals surface area contributed by atoms with Gasteiger partial charge in [-0.2, -0.15) is 5.10 Å². The van der Waals surface area contributed by atoms with Crippen LogP contribution in [0.3, 0.4) is 0 Å². The molecule has 0 saturated heterocycles. The predicted molar refractivity (Wildman–Crippen MR) is 53.3 cm³/mol. The van der Waals surface area contributed by atoms with E-state index in [0.29, 0.717) is 5.69 Å². The Morgan fingerprint density at radius 1 is 1.50 bits per heavy atom. The summed E-state index contributed by atoms with van der Waals surface area (Å²) in [5.74, 6) is -0.411. The molecule has 2 aromatic rings. The summed E-state index contributed by atoms with van der Waals surface area (Å²) >= 11 is 0. The number of primary amides is 1. The fourth-order valence-corrected chi connectivity index (χ4v) is 1.32. The highest BCUT2D eigenvalue weighted by molar-refractivity contribution is 5.82. The number of benzene rings is 1. The van der Waals surface area contributed by atoms with Crippen molar-refractivity contribution in [1.29, 1.82) is 0 Å². The number of carbonyl (C=O) groups excluding carboxylic acids is 1. The summed E-state index contributed by atoms with van der Waals surface area (Å²) in [4.78, 5) is 10.6. The van der Waals surface area contributed by atoms with Crippen molar-refractivity contribution in [1.82, 2.24) is 9.78 Å². The number of anilines is 1. The molecule has 2 rings (SSSR count). The van der Waals surface area contributed by atoms with Crippen molar-refractivity contribution < 1.29 is 4.79 Å². The molecule has 14 heavy (non-hydrogen) atoms. The van der Waals surface area contributed by atoms with E-state index in [1.807, 2.05) is 6.07 Å². The van der Waals surface area contributed by atoms with Crippen molar-refractivity contribution >= 4 is 22.5 Å². The molecular weight excluding hydrogens is 180 g/mol. The number of rotatable bonds is 2. The monoisotopic (exact) mass is 190 g/mol. The molecule has 1 aromatic heterocycles. The first-order valence-corrected chi connectivity index (χ1v) is 4.16. The van der Waals surface area contributed by atoms with Crippen LogP contribution in [0.4, 0.5) is 5.69 Å². The number of hydrogen-bond acceptors (Lipinski definition) is 3. The average molecular weight is 190 g/mol. The van der Waals surface area contributed by atoms with Gasteiger partial charge < -0.3 is 11.5 Å². The summed E-state index contributed by atoms with van der Waals surface area (Å²) in [6.45, 7) is 0.0918. The van der Waals surface area contributed by atoms with Crippen LogP contribution in [0.2, 0.25) is 0 Å². The van der Waals surface area contributed by atoms with Gasteiger partial charge in [-0.1, -0.05) is 0 Å². The number of hydrogen-bond donors (Lipinski definition) is 2.